The summed E-state index contributed by atoms with van der Waals surface area (Å²) in [6, 6.07) is 22.0. The van der Waals surface area contributed by atoms with Crippen molar-refractivity contribution in [2.45, 2.75) is 5.72 Å². The zero-order valence-electron chi connectivity index (χ0n) is 15.4. The van der Waals surface area contributed by atoms with Gasteiger partial charge in [0.2, 0.25) is 5.90 Å². The van der Waals surface area contributed by atoms with Crippen LogP contribution >= 0.6 is 11.6 Å². The summed E-state index contributed by atoms with van der Waals surface area (Å²) in [5, 5.41) is 9.68. The Balaban J connectivity index is 1.68. The predicted molar refractivity (Wildman–Crippen MR) is 111 cm³/mol. The van der Waals surface area contributed by atoms with Gasteiger partial charge in [0.15, 0.2) is 0 Å². The zero-order valence-corrected chi connectivity index (χ0v) is 16.2. The first-order valence-corrected chi connectivity index (χ1v) is 9.38. The Labute approximate surface area is 172 Å². The van der Waals surface area contributed by atoms with Gasteiger partial charge >= 0.3 is 5.72 Å². The van der Waals surface area contributed by atoms with Crippen LogP contribution in [0.4, 0.5) is 11.4 Å². The smallest absolute Gasteiger partial charge is 0.311 e. The van der Waals surface area contributed by atoms with Crippen molar-refractivity contribution in [2.24, 2.45) is 5.10 Å². The van der Waals surface area contributed by atoms with Crippen molar-refractivity contribution in [1.82, 2.24) is 0 Å². The first-order chi connectivity index (χ1) is 14.1. The molecule has 2 heterocycles. The van der Waals surface area contributed by atoms with Crippen molar-refractivity contribution in [3.63, 3.8) is 0 Å². The number of fused-ring (bicyclic) bond motifs is 2. The van der Waals surface area contributed by atoms with Crippen LogP contribution in [0.3, 0.4) is 0 Å². The van der Waals surface area contributed by atoms with E-state index < -0.39 is 5.72 Å². The fourth-order valence-corrected chi connectivity index (χ4v) is 3.74. The number of ether oxygens (including phenoxy) is 2. The molecule has 6 nitrogen and oxygen atoms in total. The molecule has 1 amide bonds. The SMILES string of the molecule is COc1ccc(C2=NN(c3ccccc3)C3(O2)C(=O)Nc2ccc(Cl)cc23)cc1. The van der Waals surface area contributed by atoms with E-state index in [2.05, 4.69) is 10.4 Å². The van der Waals surface area contributed by atoms with E-state index in [0.29, 0.717) is 22.2 Å². The molecule has 3 aromatic rings. The number of carbonyl (C=O) groups is 1. The molecule has 0 radical (unpaired) electrons. The Bertz CT molecular complexity index is 1130. The molecule has 0 aliphatic carbocycles. The summed E-state index contributed by atoms with van der Waals surface area (Å²) in [5.41, 5.74) is 1.24. The fourth-order valence-electron chi connectivity index (χ4n) is 3.57. The van der Waals surface area contributed by atoms with Gasteiger partial charge in [-0.3, -0.25) is 4.79 Å². The van der Waals surface area contributed by atoms with E-state index >= 15 is 0 Å². The highest BCUT2D eigenvalue weighted by molar-refractivity contribution is 6.31. The van der Waals surface area contributed by atoms with Crippen molar-refractivity contribution in [1.29, 1.82) is 0 Å². The van der Waals surface area contributed by atoms with Crippen LogP contribution in [0.2, 0.25) is 5.02 Å². The van der Waals surface area contributed by atoms with Crippen LogP contribution in [0.15, 0.2) is 77.9 Å². The van der Waals surface area contributed by atoms with Gasteiger partial charge in [0.1, 0.15) is 5.75 Å². The number of nitrogens with zero attached hydrogens (tertiary/aromatic N) is 2. The van der Waals surface area contributed by atoms with E-state index in [1.165, 1.54) is 0 Å². The van der Waals surface area contributed by atoms with E-state index in [1.807, 2.05) is 54.6 Å². The lowest BCUT2D eigenvalue weighted by atomic mass is 10.0. The van der Waals surface area contributed by atoms with E-state index in [9.17, 15) is 4.79 Å². The van der Waals surface area contributed by atoms with Crippen molar-refractivity contribution < 1.29 is 14.3 Å². The van der Waals surface area contributed by atoms with Crippen LogP contribution in [-0.2, 0) is 15.3 Å². The quantitative estimate of drug-likeness (QED) is 0.703. The average Bonchev–Trinajstić information content (AvgIpc) is 3.29. The van der Waals surface area contributed by atoms with Gasteiger partial charge in [-0.2, -0.15) is 0 Å². The third-order valence-corrected chi connectivity index (χ3v) is 5.21. The van der Waals surface area contributed by atoms with E-state index in [0.717, 1.165) is 17.0 Å². The van der Waals surface area contributed by atoms with Crippen molar-refractivity contribution >= 4 is 34.8 Å². The Morgan fingerprint density at radius 3 is 2.55 bits per heavy atom. The highest BCUT2D eigenvalue weighted by Crippen LogP contribution is 2.48. The van der Waals surface area contributed by atoms with E-state index in [1.54, 1.807) is 30.3 Å². The van der Waals surface area contributed by atoms with Gasteiger partial charge in [-0.15, -0.1) is 5.10 Å². The summed E-state index contributed by atoms with van der Waals surface area (Å²) in [7, 11) is 1.61. The normalized spacial score (nSPS) is 19.6. The van der Waals surface area contributed by atoms with E-state index in [4.69, 9.17) is 21.1 Å². The molecule has 1 atom stereocenters. The lowest BCUT2D eigenvalue weighted by Gasteiger charge is -2.30. The van der Waals surface area contributed by atoms with Crippen LogP contribution in [0, 0.1) is 0 Å². The Morgan fingerprint density at radius 2 is 1.83 bits per heavy atom. The molecular formula is C22H16ClN3O3. The molecule has 0 fully saturated rings. The maximum atomic E-state index is 13.2. The number of nitrogens with one attached hydrogen (secondary N) is 1. The summed E-state index contributed by atoms with van der Waals surface area (Å²) in [5.74, 6) is 0.725. The lowest BCUT2D eigenvalue weighted by Crippen LogP contribution is -2.47. The lowest BCUT2D eigenvalue weighted by molar-refractivity contribution is -0.130. The number of hydrogen-bond donors (Lipinski definition) is 1. The first-order valence-electron chi connectivity index (χ1n) is 9.00. The second kappa shape index (κ2) is 6.53. The van der Waals surface area contributed by atoms with Gasteiger partial charge in [0, 0.05) is 10.6 Å². The first kappa shape index (κ1) is 17.6. The Hall–Kier alpha value is -3.51. The molecule has 2 aliphatic heterocycles. The number of benzene rings is 3. The summed E-state index contributed by atoms with van der Waals surface area (Å²) in [6.07, 6.45) is 0. The highest BCUT2D eigenvalue weighted by atomic mass is 35.5. The monoisotopic (exact) mass is 405 g/mol. The zero-order chi connectivity index (χ0) is 20.0. The number of para-hydroxylation sites is 1. The molecule has 144 valence electrons. The molecule has 3 aromatic carbocycles. The number of methoxy groups -OCH3 is 1. The van der Waals surface area contributed by atoms with Gasteiger partial charge < -0.3 is 14.8 Å². The maximum Gasteiger partial charge on any atom is 0.311 e. The largest absolute Gasteiger partial charge is 0.497 e. The number of amides is 1. The molecular weight excluding hydrogens is 390 g/mol. The second-order valence-electron chi connectivity index (χ2n) is 6.67. The van der Waals surface area contributed by atoms with Crippen LogP contribution < -0.4 is 15.1 Å². The summed E-state index contributed by atoms with van der Waals surface area (Å²) in [4.78, 5) is 13.2. The third kappa shape index (κ3) is 2.64. The average molecular weight is 406 g/mol. The number of hydrogen-bond acceptors (Lipinski definition) is 5. The number of carbonyl (C=O) groups excluding carboxylic acids is 1. The topological polar surface area (TPSA) is 63.2 Å². The van der Waals surface area contributed by atoms with Crippen molar-refractivity contribution in [3.8, 4) is 5.75 Å². The minimum absolute atomic E-state index is 0.328. The maximum absolute atomic E-state index is 13.2. The third-order valence-electron chi connectivity index (χ3n) is 4.97. The predicted octanol–water partition coefficient (Wildman–Crippen LogP) is 4.35. The van der Waals surface area contributed by atoms with E-state index in [-0.39, 0.29) is 5.91 Å². The van der Waals surface area contributed by atoms with Gasteiger partial charge in [-0.25, -0.2) is 5.01 Å². The summed E-state index contributed by atoms with van der Waals surface area (Å²) < 4.78 is 11.5. The molecule has 2 aliphatic rings. The molecule has 7 heteroatoms. The van der Waals surface area contributed by atoms with Crippen LogP contribution in [0.25, 0.3) is 0 Å². The number of anilines is 2. The molecule has 0 aromatic heterocycles. The molecule has 0 saturated heterocycles. The molecule has 1 N–H and O–H groups in total. The minimum Gasteiger partial charge on any atom is -0.497 e. The molecule has 29 heavy (non-hydrogen) atoms. The van der Waals surface area contributed by atoms with Gasteiger partial charge in [-0.1, -0.05) is 29.8 Å². The standard InChI is InChI=1S/C22H16ClN3O3/c1-28-17-10-7-14(8-11-17)20-25-26(16-5-3-2-4-6-16)22(29-20)18-13-15(23)9-12-19(18)24-21(22)27/h2-13H,1H3,(H,24,27). The minimum atomic E-state index is -1.48. The van der Waals surface area contributed by atoms with Crippen LogP contribution in [-0.4, -0.2) is 18.9 Å². The molecule has 0 saturated carbocycles. The number of rotatable bonds is 3. The van der Waals surface area contributed by atoms with Crippen molar-refractivity contribution in [2.75, 3.05) is 17.4 Å². The second-order valence-corrected chi connectivity index (χ2v) is 7.11. The molecule has 1 unspecified atom stereocenters. The van der Waals surface area contributed by atoms with Crippen molar-refractivity contribution in [3.05, 3.63) is 88.9 Å². The highest BCUT2D eigenvalue weighted by Gasteiger charge is 2.59. The van der Waals surface area contributed by atoms with Gasteiger partial charge in [-0.05, 0) is 54.6 Å². The molecule has 5 rings (SSSR count). The van der Waals surface area contributed by atoms with Crippen LogP contribution in [0.5, 0.6) is 5.75 Å². The summed E-state index contributed by atoms with van der Waals surface area (Å²) >= 11 is 6.25. The Kier molecular flexibility index (Phi) is 3.96. The number of halogens is 1. The fraction of sp³-hybridized carbons (Fsp3) is 0.0909. The number of hydrazone groups is 1. The van der Waals surface area contributed by atoms with Crippen LogP contribution in [0.1, 0.15) is 11.1 Å². The Morgan fingerprint density at radius 1 is 1.07 bits per heavy atom. The molecule has 1 spiro atoms. The van der Waals surface area contributed by atoms with Gasteiger partial charge in [0.25, 0.3) is 5.91 Å². The summed E-state index contributed by atoms with van der Waals surface area (Å²) in [6.45, 7) is 0. The molecule has 0 bridgehead atoms. The van der Waals surface area contributed by atoms with Gasteiger partial charge in [0.05, 0.1) is 24.0 Å².